The molecule has 2 amide bonds. The van der Waals surface area contributed by atoms with Gasteiger partial charge in [-0.15, -0.1) is 11.3 Å². The quantitative estimate of drug-likeness (QED) is 0.298. The SMILES string of the molecule is O=C(Nc1ccc(F)c(Cl)c1)N1Cc2c(sc3c2CCCC3)-n2cccc2[C@H]1c1ccc(F)cc1. The number of carbonyl (C=O) groups excluding carboxylic acids is 1. The molecule has 1 N–H and O–H groups in total. The molecule has 1 aliphatic carbocycles. The molecule has 0 unspecified atom stereocenters. The maximum atomic E-state index is 13.8. The van der Waals surface area contributed by atoms with Crippen LogP contribution in [0.5, 0.6) is 0 Å². The molecule has 0 radical (unpaired) electrons. The lowest BCUT2D eigenvalue weighted by molar-refractivity contribution is 0.194. The molecule has 0 bridgehead atoms. The molecular formula is C27H22ClF2N3OS. The number of hydrogen-bond acceptors (Lipinski definition) is 2. The third-order valence-electron chi connectivity index (χ3n) is 6.80. The summed E-state index contributed by atoms with van der Waals surface area (Å²) in [5.41, 5.74) is 4.66. The van der Waals surface area contributed by atoms with Gasteiger partial charge in [-0.1, -0.05) is 23.7 Å². The van der Waals surface area contributed by atoms with Crippen molar-refractivity contribution in [2.24, 2.45) is 0 Å². The minimum absolute atomic E-state index is 0.0585. The van der Waals surface area contributed by atoms with Crippen molar-refractivity contribution in [3.8, 4) is 5.00 Å². The Morgan fingerprint density at radius 1 is 1.03 bits per heavy atom. The van der Waals surface area contributed by atoms with Gasteiger partial charge in [-0.3, -0.25) is 0 Å². The van der Waals surface area contributed by atoms with Gasteiger partial charge in [0.2, 0.25) is 0 Å². The summed E-state index contributed by atoms with van der Waals surface area (Å²) in [6, 6.07) is 13.6. The van der Waals surface area contributed by atoms with Crippen molar-refractivity contribution in [3.63, 3.8) is 0 Å². The minimum Gasteiger partial charge on any atom is -0.310 e. The molecule has 2 aromatic heterocycles. The topological polar surface area (TPSA) is 37.3 Å². The number of carbonyl (C=O) groups is 1. The van der Waals surface area contributed by atoms with Gasteiger partial charge in [0, 0.05) is 22.3 Å². The normalized spacial score (nSPS) is 16.8. The predicted molar refractivity (Wildman–Crippen MR) is 135 cm³/mol. The molecule has 35 heavy (non-hydrogen) atoms. The average molecular weight is 510 g/mol. The number of nitrogens with one attached hydrogen (secondary N) is 1. The first-order valence-corrected chi connectivity index (χ1v) is 12.8. The number of thiophene rings is 1. The summed E-state index contributed by atoms with van der Waals surface area (Å²) in [6.07, 6.45) is 6.41. The molecule has 0 spiro atoms. The molecule has 0 saturated heterocycles. The van der Waals surface area contributed by atoms with E-state index >= 15 is 0 Å². The van der Waals surface area contributed by atoms with E-state index in [-0.39, 0.29) is 16.9 Å². The number of rotatable bonds is 2. The Balaban J connectivity index is 1.48. The zero-order valence-electron chi connectivity index (χ0n) is 18.7. The number of benzene rings is 2. The minimum atomic E-state index is -0.545. The molecular weight excluding hydrogens is 488 g/mol. The molecule has 3 heterocycles. The van der Waals surface area contributed by atoms with E-state index in [0.717, 1.165) is 35.5 Å². The molecule has 2 aromatic carbocycles. The van der Waals surface area contributed by atoms with E-state index in [1.54, 1.807) is 28.4 Å². The molecule has 8 heteroatoms. The van der Waals surface area contributed by atoms with Crippen LogP contribution in [0.3, 0.4) is 0 Å². The first-order valence-electron chi connectivity index (χ1n) is 11.6. The fourth-order valence-electron chi connectivity index (χ4n) is 5.15. The van der Waals surface area contributed by atoms with Crippen LogP contribution in [-0.2, 0) is 19.4 Å². The fraction of sp³-hybridized carbons (Fsp3) is 0.222. The Hall–Kier alpha value is -3.16. The number of hydrogen-bond donors (Lipinski definition) is 1. The Morgan fingerprint density at radius 2 is 1.83 bits per heavy atom. The van der Waals surface area contributed by atoms with Crippen molar-refractivity contribution in [2.45, 2.75) is 38.3 Å². The Labute approximate surface area is 210 Å². The summed E-state index contributed by atoms with van der Waals surface area (Å²) in [5, 5.41) is 3.98. The van der Waals surface area contributed by atoms with E-state index in [4.69, 9.17) is 11.6 Å². The maximum absolute atomic E-state index is 13.8. The van der Waals surface area contributed by atoms with Crippen LogP contribution in [-0.4, -0.2) is 15.5 Å². The van der Waals surface area contributed by atoms with E-state index < -0.39 is 11.9 Å². The van der Waals surface area contributed by atoms with Crippen LogP contribution in [0, 0.1) is 11.6 Å². The van der Waals surface area contributed by atoms with Gasteiger partial charge in [0.25, 0.3) is 0 Å². The van der Waals surface area contributed by atoms with E-state index in [2.05, 4.69) is 9.88 Å². The predicted octanol–water partition coefficient (Wildman–Crippen LogP) is 7.49. The number of nitrogens with zero attached hydrogens (tertiary/aromatic N) is 2. The summed E-state index contributed by atoms with van der Waals surface area (Å²) in [6.45, 7) is 0.408. The molecule has 0 fully saturated rings. The Morgan fingerprint density at radius 3 is 2.63 bits per heavy atom. The molecule has 4 nitrogen and oxygen atoms in total. The highest BCUT2D eigenvalue weighted by atomic mass is 35.5. The highest BCUT2D eigenvalue weighted by Crippen LogP contribution is 2.44. The number of amides is 2. The first-order chi connectivity index (χ1) is 17.0. The Bertz CT molecular complexity index is 1430. The molecule has 1 aliphatic heterocycles. The van der Waals surface area contributed by atoms with Gasteiger partial charge in [0.05, 0.1) is 23.3 Å². The number of halogens is 3. The highest BCUT2D eigenvalue weighted by Gasteiger charge is 2.36. The van der Waals surface area contributed by atoms with Gasteiger partial charge in [-0.25, -0.2) is 13.6 Å². The zero-order chi connectivity index (χ0) is 24.1. The molecule has 1 atom stereocenters. The van der Waals surface area contributed by atoms with Crippen molar-refractivity contribution in [2.75, 3.05) is 5.32 Å². The molecule has 6 rings (SSSR count). The van der Waals surface area contributed by atoms with Crippen LogP contribution in [0.1, 0.15) is 46.1 Å². The lowest BCUT2D eigenvalue weighted by atomic mass is 9.95. The van der Waals surface area contributed by atoms with Crippen LogP contribution < -0.4 is 5.32 Å². The fourth-order valence-corrected chi connectivity index (χ4v) is 6.74. The van der Waals surface area contributed by atoms with Gasteiger partial charge >= 0.3 is 6.03 Å². The summed E-state index contributed by atoms with van der Waals surface area (Å²) in [4.78, 5) is 17.0. The number of fused-ring (bicyclic) bond motifs is 5. The average Bonchev–Trinajstić information content (AvgIpc) is 3.44. The number of anilines is 1. The monoisotopic (exact) mass is 509 g/mol. The van der Waals surface area contributed by atoms with Crippen LogP contribution in [0.15, 0.2) is 60.8 Å². The van der Waals surface area contributed by atoms with E-state index in [0.29, 0.717) is 12.2 Å². The zero-order valence-corrected chi connectivity index (χ0v) is 20.3. The van der Waals surface area contributed by atoms with Crippen LogP contribution in [0.2, 0.25) is 5.02 Å². The summed E-state index contributed by atoms with van der Waals surface area (Å²) in [7, 11) is 0. The number of aryl methyl sites for hydroxylation is 1. The first kappa shape index (κ1) is 22.3. The standard InChI is InChI=1S/C27H22ClF2N3OS/c28-21-14-18(11-12-22(21)30)31-27(34)33-15-20-19-4-1-2-6-24(19)35-26(20)32-13-3-5-23(32)25(33)16-7-9-17(29)10-8-16/h3,5,7-14,25H,1-2,4,6,15H2,(H,31,34)/t25-/m1/s1. The maximum Gasteiger partial charge on any atom is 0.322 e. The van der Waals surface area contributed by atoms with Gasteiger partial charge in [-0.2, -0.15) is 0 Å². The molecule has 4 aromatic rings. The summed E-state index contributed by atoms with van der Waals surface area (Å²) >= 11 is 7.76. The van der Waals surface area contributed by atoms with Crippen LogP contribution in [0.25, 0.3) is 5.00 Å². The molecule has 2 aliphatic rings. The van der Waals surface area contributed by atoms with Crippen molar-refractivity contribution in [1.82, 2.24) is 9.47 Å². The summed E-state index contributed by atoms with van der Waals surface area (Å²) < 4.78 is 29.7. The second-order valence-corrected chi connectivity index (χ2v) is 10.4. The van der Waals surface area contributed by atoms with E-state index in [1.165, 1.54) is 52.8 Å². The van der Waals surface area contributed by atoms with Gasteiger partial charge < -0.3 is 14.8 Å². The number of aromatic nitrogens is 1. The second-order valence-electron chi connectivity index (χ2n) is 8.94. The second kappa shape index (κ2) is 8.81. The van der Waals surface area contributed by atoms with E-state index in [1.807, 2.05) is 18.3 Å². The molecule has 0 saturated carbocycles. The lowest BCUT2D eigenvalue weighted by Crippen LogP contribution is -2.38. The summed E-state index contributed by atoms with van der Waals surface area (Å²) in [5.74, 6) is -0.876. The van der Waals surface area contributed by atoms with Crippen molar-refractivity contribution >= 4 is 34.7 Å². The third kappa shape index (κ3) is 3.93. The van der Waals surface area contributed by atoms with Crippen molar-refractivity contribution in [1.29, 1.82) is 0 Å². The van der Waals surface area contributed by atoms with Crippen molar-refractivity contribution in [3.05, 3.63) is 105 Å². The molecule has 178 valence electrons. The van der Waals surface area contributed by atoms with Gasteiger partial charge in [-0.05, 0) is 79.3 Å². The number of urea groups is 1. The highest BCUT2D eigenvalue weighted by molar-refractivity contribution is 7.15. The van der Waals surface area contributed by atoms with Crippen LogP contribution in [0.4, 0.5) is 19.3 Å². The van der Waals surface area contributed by atoms with Gasteiger partial charge in [0.1, 0.15) is 16.6 Å². The Kier molecular flexibility index (Phi) is 5.61. The van der Waals surface area contributed by atoms with Crippen LogP contribution >= 0.6 is 22.9 Å². The van der Waals surface area contributed by atoms with Crippen molar-refractivity contribution < 1.29 is 13.6 Å². The smallest absolute Gasteiger partial charge is 0.310 e. The van der Waals surface area contributed by atoms with Gasteiger partial charge in [0.15, 0.2) is 0 Å². The van der Waals surface area contributed by atoms with E-state index in [9.17, 15) is 13.6 Å². The lowest BCUT2D eigenvalue weighted by Gasteiger charge is -2.31. The largest absolute Gasteiger partial charge is 0.322 e. The third-order valence-corrected chi connectivity index (χ3v) is 8.42.